The van der Waals surface area contributed by atoms with Crippen LogP contribution in [0.3, 0.4) is 0 Å². The monoisotopic (exact) mass is 382 g/mol. The minimum Gasteiger partial charge on any atom is -0.453 e. The van der Waals surface area contributed by atoms with Crippen LogP contribution in [0.2, 0.25) is 0 Å². The minimum atomic E-state index is -0.647. The van der Waals surface area contributed by atoms with Gasteiger partial charge in [-0.1, -0.05) is 42.5 Å². The molecule has 1 heterocycles. The Kier molecular flexibility index (Phi) is 5.37. The second-order valence-electron chi connectivity index (χ2n) is 5.61. The second kappa shape index (κ2) is 7.88. The van der Waals surface area contributed by atoms with E-state index in [1.807, 2.05) is 30.3 Å². The molecule has 0 saturated carbocycles. The predicted molar refractivity (Wildman–Crippen MR) is 100.0 cm³/mol. The summed E-state index contributed by atoms with van der Waals surface area (Å²) in [6.07, 6.45) is 0. The Labute approximate surface area is 158 Å². The lowest BCUT2D eigenvalue weighted by molar-refractivity contribution is -0.384. The number of hydrogen-bond acceptors (Lipinski definition) is 7. The third kappa shape index (κ3) is 4.24. The van der Waals surface area contributed by atoms with Crippen molar-refractivity contribution in [3.8, 4) is 10.6 Å². The van der Waals surface area contributed by atoms with E-state index < -0.39 is 23.3 Å². The summed E-state index contributed by atoms with van der Waals surface area (Å²) in [7, 11) is 0. The number of carbonyl (C=O) groups is 2. The molecule has 1 aromatic heterocycles. The number of carbonyl (C=O) groups excluding carboxylic acids is 2. The topological polar surface area (TPSA) is 99.4 Å². The number of thiazole rings is 1. The van der Waals surface area contributed by atoms with E-state index in [0.717, 1.165) is 11.6 Å². The molecule has 0 unspecified atom stereocenters. The molecule has 0 aliphatic carbocycles. The molecule has 7 nitrogen and oxygen atoms in total. The molecule has 0 fully saturated rings. The zero-order valence-corrected chi connectivity index (χ0v) is 15.1. The van der Waals surface area contributed by atoms with Crippen LogP contribution >= 0.6 is 11.3 Å². The molecule has 0 atom stereocenters. The number of esters is 1. The summed E-state index contributed by atoms with van der Waals surface area (Å²) >= 11 is 1.19. The average molecular weight is 382 g/mol. The van der Waals surface area contributed by atoms with E-state index in [0.29, 0.717) is 15.6 Å². The zero-order valence-electron chi connectivity index (χ0n) is 14.2. The lowest BCUT2D eigenvalue weighted by Crippen LogP contribution is -2.14. The van der Waals surface area contributed by atoms with Crippen LogP contribution in [0.1, 0.15) is 25.7 Å². The number of nitro groups is 1. The Balaban J connectivity index is 1.69. The SMILES string of the molecule is Cc1nc(-c2ccccc2)sc1C(=O)OCC(=O)c1cccc([N+](=O)[O-])c1. The molecule has 0 aliphatic rings. The van der Waals surface area contributed by atoms with Crippen molar-refractivity contribution in [2.24, 2.45) is 0 Å². The number of ether oxygens (including phenoxy) is 1. The van der Waals surface area contributed by atoms with Crippen molar-refractivity contribution < 1.29 is 19.2 Å². The van der Waals surface area contributed by atoms with Crippen molar-refractivity contribution in [2.45, 2.75) is 6.92 Å². The summed E-state index contributed by atoms with van der Waals surface area (Å²) in [4.78, 5) is 39.4. The molecule has 3 aromatic rings. The van der Waals surface area contributed by atoms with Gasteiger partial charge in [-0.2, -0.15) is 0 Å². The van der Waals surface area contributed by atoms with Gasteiger partial charge in [-0.25, -0.2) is 9.78 Å². The number of aromatic nitrogens is 1. The molecule has 8 heteroatoms. The molecule has 0 aliphatic heterocycles. The first-order chi connectivity index (χ1) is 13.0. The van der Waals surface area contributed by atoms with Crippen molar-refractivity contribution in [2.75, 3.05) is 6.61 Å². The largest absolute Gasteiger partial charge is 0.453 e. The first kappa shape index (κ1) is 18.4. The molecular weight excluding hydrogens is 368 g/mol. The van der Waals surface area contributed by atoms with Crippen molar-refractivity contribution in [3.63, 3.8) is 0 Å². The Bertz CT molecular complexity index is 1010. The zero-order chi connectivity index (χ0) is 19.4. The molecule has 3 rings (SSSR count). The summed E-state index contributed by atoms with van der Waals surface area (Å²) in [5.74, 6) is -1.16. The Morgan fingerprint density at radius 2 is 1.89 bits per heavy atom. The van der Waals surface area contributed by atoms with E-state index >= 15 is 0 Å². The molecular formula is C19H14N2O5S. The van der Waals surface area contributed by atoms with Crippen LogP contribution in [-0.2, 0) is 4.74 Å². The second-order valence-corrected chi connectivity index (χ2v) is 6.61. The standard InChI is InChI=1S/C19H14N2O5S/c1-12-17(27-18(20-12)13-6-3-2-4-7-13)19(23)26-11-16(22)14-8-5-9-15(10-14)21(24)25/h2-10H,11H2,1H3. The maximum Gasteiger partial charge on any atom is 0.350 e. The van der Waals surface area contributed by atoms with Gasteiger partial charge >= 0.3 is 5.97 Å². The molecule has 0 saturated heterocycles. The summed E-state index contributed by atoms with van der Waals surface area (Å²) in [5.41, 5.74) is 1.32. The van der Waals surface area contributed by atoms with Crippen molar-refractivity contribution in [1.29, 1.82) is 0 Å². The van der Waals surface area contributed by atoms with Crippen molar-refractivity contribution in [1.82, 2.24) is 4.98 Å². The summed E-state index contributed by atoms with van der Waals surface area (Å²) < 4.78 is 5.09. The fourth-order valence-electron chi connectivity index (χ4n) is 2.36. The normalized spacial score (nSPS) is 10.4. The fraction of sp³-hybridized carbons (Fsp3) is 0.105. The molecule has 136 valence electrons. The highest BCUT2D eigenvalue weighted by molar-refractivity contribution is 7.17. The average Bonchev–Trinajstić information content (AvgIpc) is 3.08. The smallest absolute Gasteiger partial charge is 0.350 e. The summed E-state index contributed by atoms with van der Waals surface area (Å²) in [5, 5.41) is 11.5. The van der Waals surface area contributed by atoms with Gasteiger partial charge in [0, 0.05) is 23.3 Å². The highest BCUT2D eigenvalue weighted by Gasteiger charge is 2.19. The third-order valence-corrected chi connectivity index (χ3v) is 4.90. The lowest BCUT2D eigenvalue weighted by Gasteiger charge is -2.03. The van der Waals surface area contributed by atoms with Crippen LogP contribution in [0.5, 0.6) is 0 Å². The maximum atomic E-state index is 12.3. The molecule has 2 aromatic carbocycles. The number of aryl methyl sites for hydroxylation is 1. The molecule has 0 spiro atoms. The van der Waals surface area contributed by atoms with E-state index in [1.165, 1.54) is 29.5 Å². The van der Waals surface area contributed by atoms with Crippen molar-refractivity contribution in [3.05, 3.63) is 80.8 Å². The highest BCUT2D eigenvalue weighted by Crippen LogP contribution is 2.28. The first-order valence-corrected chi connectivity index (χ1v) is 8.75. The van der Waals surface area contributed by atoms with Gasteiger partial charge in [-0.3, -0.25) is 14.9 Å². The third-order valence-electron chi connectivity index (χ3n) is 3.72. The fourth-order valence-corrected chi connectivity index (χ4v) is 3.33. The number of nitro benzene ring substituents is 1. The van der Waals surface area contributed by atoms with E-state index in [9.17, 15) is 19.7 Å². The Hall–Kier alpha value is -3.39. The molecule has 0 bridgehead atoms. The number of hydrogen-bond donors (Lipinski definition) is 0. The van der Waals surface area contributed by atoms with E-state index in [2.05, 4.69) is 4.98 Å². The summed E-state index contributed by atoms with van der Waals surface area (Å²) in [6, 6.07) is 14.7. The van der Waals surface area contributed by atoms with Crippen LogP contribution in [-0.4, -0.2) is 28.3 Å². The van der Waals surface area contributed by atoms with Gasteiger partial charge in [0.2, 0.25) is 5.78 Å². The van der Waals surface area contributed by atoms with Crippen LogP contribution in [0.25, 0.3) is 10.6 Å². The minimum absolute atomic E-state index is 0.114. The Morgan fingerprint density at radius 1 is 1.15 bits per heavy atom. The molecule has 0 amide bonds. The van der Waals surface area contributed by atoms with Crippen LogP contribution in [0, 0.1) is 17.0 Å². The molecule has 0 radical (unpaired) electrons. The molecule has 0 N–H and O–H groups in total. The Morgan fingerprint density at radius 3 is 2.59 bits per heavy atom. The lowest BCUT2D eigenvalue weighted by atomic mass is 10.1. The van der Waals surface area contributed by atoms with Crippen molar-refractivity contribution >= 4 is 28.8 Å². The first-order valence-electron chi connectivity index (χ1n) is 7.93. The molecule has 27 heavy (non-hydrogen) atoms. The quantitative estimate of drug-likeness (QED) is 0.276. The van der Waals surface area contributed by atoms with Gasteiger partial charge in [0.15, 0.2) is 6.61 Å². The number of Topliss-reactive ketones (excluding diaryl/α,β-unsaturated/α-hetero) is 1. The van der Waals surface area contributed by atoms with Gasteiger partial charge in [-0.05, 0) is 6.92 Å². The predicted octanol–water partition coefficient (Wildman–Crippen LogP) is 4.07. The number of non-ortho nitro benzene ring substituents is 1. The van der Waals surface area contributed by atoms with E-state index in [-0.39, 0.29) is 11.3 Å². The number of ketones is 1. The maximum absolute atomic E-state index is 12.3. The van der Waals surface area contributed by atoms with E-state index in [1.54, 1.807) is 6.92 Å². The number of benzene rings is 2. The summed E-state index contributed by atoms with van der Waals surface area (Å²) in [6.45, 7) is 1.19. The van der Waals surface area contributed by atoms with Gasteiger partial charge in [0.1, 0.15) is 9.88 Å². The number of rotatable bonds is 6. The van der Waals surface area contributed by atoms with E-state index in [4.69, 9.17) is 4.74 Å². The van der Waals surface area contributed by atoms with Crippen LogP contribution in [0.15, 0.2) is 54.6 Å². The van der Waals surface area contributed by atoms with Gasteiger partial charge < -0.3 is 4.74 Å². The van der Waals surface area contributed by atoms with Crippen LogP contribution < -0.4 is 0 Å². The van der Waals surface area contributed by atoms with Gasteiger partial charge in [0.05, 0.1) is 10.6 Å². The highest BCUT2D eigenvalue weighted by atomic mass is 32.1. The van der Waals surface area contributed by atoms with Gasteiger partial charge in [-0.15, -0.1) is 11.3 Å². The number of nitrogens with zero attached hydrogens (tertiary/aromatic N) is 2. The van der Waals surface area contributed by atoms with Gasteiger partial charge in [0.25, 0.3) is 5.69 Å². The van der Waals surface area contributed by atoms with Crippen LogP contribution in [0.4, 0.5) is 5.69 Å².